The summed E-state index contributed by atoms with van der Waals surface area (Å²) in [4.78, 5) is 25.7. The first-order valence-electron chi connectivity index (χ1n) is 6.66. The molecule has 1 aromatic rings. The average molecular weight is 281 g/mol. The summed E-state index contributed by atoms with van der Waals surface area (Å²) in [7, 11) is 1.60. The molecule has 0 atom stereocenters. The largest absolute Gasteiger partial charge is 0.398 e. The zero-order chi connectivity index (χ0) is 15.1. The van der Waals surface area contributed by atoms with E-state index in [9.17, 15) is 9.59 Å². The summed E-state index contributed by atoms with van der Waals surface area (Å²) in [5, 5.41) is 0. The molecule has 1 heterocycles. The number of hydrogen-bond donors (Lipinski definition) is 1. The Morgan fingerprint density at radius 2 is 2.15 bits per heavy atom. The molecule has 112 valence electrons. The van der Waals surface area contributed by atoms with Crippen LogP contribution < -0.4 is 11.3 Å². The van der Waals surface area contributed by atoms with Gasteiger partial charge in [0, 0.05) is 38.1 Å². The molecule has 0 saturated carbocycles. The van der Waals surface area contributed by atoms with E-state index in [2.05, 4.69) is 0 Å². The SMILES string of the molecule is COCCN(CC(C)C)C(=O)Cn1cc(N)ccc1=O. The Labute approximate surface area is 119 Å². The molecule has 1 amide bonds. The molecule has 0 bridgehead atoms. The Bertz CT molecular complexity index is 497. The number of nitrogens with two attached hydrogens (primary N) is 1. The van der Waals surface area contributed by atoms with Gasteiger partial charge in [0.15, 0.2) is 0 Å². The number of nitrogens with zero attached hydrogens (tertiary/aromatic N) is 2. The number of aromatic nitrogens is 1. The average Bonchev–Trinajstić information content (AvgIpc) is 2.38. The lowest BCUT2D eigenvalue weighted by molar-refractivity contribution is -0.133. The third-order valence-corrected chi connectivity index (χ3v) is 2.82. The van der Waals surface area contributed by atoms with E-state index >= 15 is 0 Å². The smallest absolute Gasteiger partial charge is 0.251 e. The van der Waals surface area contributed by atoms with Crippen molar-refractivity contribution in [3.63, 3.8) is 0 Å². The maximum Gasteiger partial charge on any atom is 0.251 e. The molecular weight excluding hydrogens is 258 g/mol. The van der Waals surface area contributed by atoms with Crippen molar-refractivity contribution in [1.29, 1.82) is 0 Å². The monoisotopic (exact) mass is 281 g/mol. The van der Waals surface area contributed by atoms with Crippen molar-refractivity contribution in [1.82, 2.24) is 9.47 Å². The van der Waals surface area contributed by atoms with Crippen LogP contribution in [-0.4, -0.2) is 42.2 Å². The summed E-state index contributed by atoms with van der Waals surface area (Å²) in [6, 6.07) is 2.89. The highest BCUT2D eigenvalue weighted by atomic mass is 16.5. The van der Waals surface area contributed by atoms with Gasteiger partial charge in [0.05, 0.1) is 6.61 Å². The highest BCUT2D eigenvalue weighted by molar-refractivity contribution is 5.76. The van der Waals surface area contributed by atoms with Crippen LogP contribution in [0.1, 0.15) is 13.8 Å². The van der Waals surface area contributed by atoms with E-state index in [0.717, 1.165) is 0 Å². The second-order valence-corrected chi connectivity index (χ2v) is 5.15. The molecule has 0 saturated heterocycles. The quantitative estimate of drug-likeness (QED) is 0.792. The molecule has 0 radical (unpaired) electrons. The molecule has 0 spiro atoms. The Morgan fingerprint density at radius 3 is 2.75 bits per heavy atom. The van der Waals surface area contributed by atoms with Gasteiger partial charge in [-0.15, -0.1) is 0 Å². The van der Waals surface area contributed by atoms with Crippen LogP contribution in [0.25, 0.3) is 0 Å². The second-order valence-electron chi connectivity index (χ2n) is 5.15. The number of methoxy groups -OCH3 is 1. The lowest BCUT2D eigenvalue weighted by atomic mass is 10.2. The third kappa shape index (κ3) is 5.05. The molecule has 0 unspecified atom stereocenters. The topological polar surface area (TPSA) is 77.6 Å². The molecule has 2 N–H and O–H groups in total. The van der Waals surface area contributed by atoms with Gasteiger partial charge in [-0.25, -0.2) is 0 Å². The summed E-state index contributed by atoms with van der Waals surface area (Å²) >= 11 is 0. The number of nitrogen functional groups attached to an aromatic ring is 1. The molecule has 0 aliphatic carbocycles. The van der Waals surface area contributed by atoms with E-state index in [1.807, 2.05) is 13.8 Å². The van der Waals surface area contributed by atoms with Crippen molar-refractivity contribution in [2.24, 2.45) is 5.92 Å². The Morgan fingerprint density at radius 1 is 1.45 bits per heavy atom. The van der Waals surface area contributed by atoms with Gasteiger partial charge >= 0.3 is 0 Å². The molecule has 6 heteroatoms. The minimum absolute atomic E-state index is 0.000305. The standard InChI is InChI=1S/C14H23N3O3/c1-11(2)8-16(6-7-20-3)14(19)10-17-9-12(15)4-5-13(17)18/h4-5,9,11H,6-8,10,15H2,1-3H3. The van der Waals surface area contributed by atoms with Gasteiger partial charge in [-0.1, -0.05) is 13.8 Å². The van der Waals surface area contributed by atoms with Gasteiger partial charge < -0.3 is 19.9 Å². The van der Waals surface area contributed by atoms with Gasteiger partial charge in [-0.05, 0) is 12.0 Å². The minimum atomic E-state index is -0.233. The van der Waals surface area contributed by atoms with Crippen LogP contribution in [-0.2, 0) is 16.1 Å². The maximum absolute atomic E-state index is 12.3. The molecule has 1 aromatic heterocycles. The first kappa shape index (κ1) is 16.2. The van der Waals surface area contributed by atoms with Crippen LogP contribution in [0.2, 0.25) is 0 Å². The predicted molar refractivity (Wildman–Crippen MR) is 78.4 cm³/mol. The number of ether oxygens (including phenoxy) is 1. The molecule has 20 heavy (non-hydrogen) atoms. The van der Waals surface area contributed by atoms with E-state index in [4.69, 9.17) is 10.5 Å². The summed E-state index contributed by atoms with van der Waals surface area (Å²) in [6.45, 7) is 5.72. The lowest BCUT2D eigenvalue weighted by Crippen LogP contribution is -2.40. The van der Waals surface area contributed by atoms with Crippen molar-refractivity contribution in [2.45, 2.75) is 20.4 Å². The highest BCUT2D eigenvalue weighted by Gasteiger charge is 2.15. The number of pyridine rings is 1. The van der Waals surface area contributed by atoms with E-state index in [1.165, 1.54) is 22.9 Å². The van der Waals surface area contributed by atoms with Gasteiger partial charge in [-0.3, -0.25) is 9.59 Å². The maximum atomic E-state index is 12.3. The summed E-state index contributed by atoms with van der Waals surface area (Å²) in [5.41, 5.74) is 5.87. The Hall–Kier alpha value is -1.82. The minimum Gasteiger partial charge on any atom is -0.398 e. The highest BCUT2D eigenvalue weighted by Crippen LogP contribution is 2.02. The predicted octanol–water partition coefficient (Wildman–Crippen LogP) is 0.562. The fourth-order valence-corrected chi connectivity index (χ4v) is 1.88. The van der Waals surface area contributed by atoms with Crippen LogP contribution >= 0.6 is 0 Å². The number of carbonyl (C=O) groups is 1. The van der Waals surface area contributed by atoms with Crippen molar-refractivity contribution in [3.05, 3.63) is 28.7 Å². The van der Waals surface area contributed by atoms with E-state index in [1.54, 1.807) is 12.0 Å². The molecule has 0 aliphatic heterocycles. The van der Waals surface area contributed by atoms with Crippen LogP contribution in [0.4, 0.5) is 5.69 Å². The fourth-order valence-electron chi connectivity index (χ4n) is 1.88. The van der Waals surface area contributed by atoms with Crippen molar-refractivity contribution < 1.29 is 9.53 Å². The molecule has 1 rings (SSSR count). The molecule has 0 aromatic carbocycles. The molecule has 0 aliphatic rings. The van der Waals surface area contributed by atoms with Crippen LogP contribution in [0.5, 0.6) is 0 Å². The van der Waals surface area contributed by atoms with Gasteiger partial charge in [0.2, 0.25) is 5.91 Å². The van der Waals surface area contributed by atoms with Crippen LogP contribution in [0.15, 0.2) is 23.1 Å². The van der Waals surface area contributed by atoms with Crippen LogP contribution in [0, 0.1) is 5.92 Å². The molecule has 0 fully saturated rings. The summed E-state index contributed by atoms with van der Waals surface area (Å²) in [6.07, 6.45) is 1.49. The second kappa shape index (κ2) is 7.69. The number of amides is 1. The Kier molecular flexibility index (Phi) is 6.24. The van der Waals surface area contributed by atoms with E-state index in [0.29, 0.717) is 31.3 Å². The molecule has 6 nitrogen and oxygen atoms in total. The van der Waals surface area contributed by atoms with Crippen molar-refractivity contribution in [2.75, 3.05) is 32.5 Å². The van der Waals surface area contributed by atoms with Gasteiger partial charge in [0.1, 0.15) is 6.54 Å². The van der Waals surface area contributed by atoms with Crippen LogP contribution in [0.3, 0.4) is 0 Å². The number of rotatable bonds is 7. The Balaban J connectivity index is 2.78. The number of carbonyl (C=O) groups excluding carboxylic acids is 1. The summed E-state index contributed by atoms with van der Waals surface area (Å²) < 4.78 is 6.35. The third-order valence-electron chi connectivity index (χ3n) is 2.82. The van der Waals surface area contributed by atoms with Crippen molar-refractivity contribution >= 4 is 11.6 Å². The number of anilines is 1. The zero-order valence-corrected chi connectivity index (χ0v) is 12.3. The first-order chi connectivity index (χ1) is 9.43. The van der Waals surface area contributed by atoms with E-state index < -0.39 is 0 Å². The zero-order valence-electron chi connectivity index (χ0n) is 12.3. The lowest BCUT2D eigenvalue weighted by Gasteiger charge is -2.24. The van der Waals surface area contributed by atoms with Gasteiger partial charge in [-0.2, -0.15) is 0 Å². The van der Waals surface area contributed by atoms with Crippen molar-refractivity contribution in [3.8, 4) is 0 Å². The number of hydrogen-bond acceptors (Lipinski definition) is 4. The normalized spacial score (nSPS) is 10.8. The first-order valence-corrected chi connectivity index (χ1v) is 6.66. The fraction of sp³-hybridized carbons (Fsp3) is 0.571. The summed E-state index contributed by atoms with van der Waals surface area (Å²) in [5.74, 6) is 0.247. The van der Waals surface area contributed by atoms with E-state index in [-0.39, 0.29) is 18.0 Å². The molecular formula is C14H23N3O3. The van der Waals surface area contributed by atoms with Gasteiger partial charge in [0.25, 0.3) is 5.56 Å².